The summed E-state index contributed by atoms with van der Waals surface area (Å²) in [6, 6.07) is 7.16. The number of rotatable bonds is 5. The second-order valence-corrected chi connectivity index (χ2v) is 9.19. The zero-order chi connectivity index (χ0) is 25.5. The van der Waals surface area contributed by atoms with Crippen molar-refractivity contribution < 1.29 is 40.3 Å². The van der Waals surface area contributed by atoms with Gasteiger partial charge in [-0.1, -0.05) is 12.1 Å². The van der Waals surface area contributed by atoms with Gasteiger partial charge in [-0.05, 0) is 66.6 Å². The standard InChI is InChI=1S/C25H24F7NO2/c1-33-20(7-9-22(33)34)19-6-8-21(23(19)15-2-4-18(26)5-3-15)35-13-14-10-16(24(27,28)29)12-17(11-14)25(30,31)32/h2-5,10-12,19-21,23H,6-9,13H2,1H3/t19-,20+,21-,23-/m0/s1. The van der Waals surface area contributed by atoms with E-state index in [1.807, 2.05) is 0 Å². The van der Waals surface area contributed by atoms with E-state index >= 15 is 0 Å². The SMILES string of the molecule is CN1C(=O)CC[C@@H]1[C@@H]1CC[C@H](OCc2cc(C(F)(F)F)cc(C(F)(F)F)c2)[C@H]1c1ccc(F)cc1. The number of likely N-dealkylation sites (tertiary alicyclic amines) is 1. The molecule has 0 N–H and O–H groups in total. The zero-order valence-corrected chi connectivity index (χ0v) is 18.8. The highest BCUT2D eigenvalue weighted by Gasteiger charge is 2.46. The van der Waals surface area contributed by atoms with Gasteiger partial charge in [0.05, 0.1) is 23.8 Å². The maximum atomic E-state index is 13.6. The Balaban J connectivity index is 1.60. The molecule has 2 aromatic carbocycles. The molecule has 0 unspecified atom stereocenters. The molecular formula is C25H24F7NO2. The van der Waals surface area contributed by atoms with Gasteiger partial charge in [-0.3, -0.25) is 4.79 Å². The van der Waals surface area contributed by atoms with Crippen LogP contribution in [0.4, 0.5) is 30.7 Å². The number of hydrogen-bond donors (Lipinski definition) is 0. The molecule has 35 heavy (non-hydrogen) atoms. The molecule has 1 saturated heterocycles. The van der Waals surface area contributed by atoms with Gasteiger partial charge >= 0.3 is 12.4 Å². The van der Waals surface area contributed by atoms with Crippen LogP contribution in [0.25, 0.3) is 0 Å². The molecule has 3 nitrogen and oxygen atoms in total. The van der Waals surface area contributed by atoms with Gasteiger partial charge in [0.15, 0.2) is 0 Å². The van der Waals surface area contributed by atoms with E-state index in [0.29, 0.717) is 37.8 Å². The van der Waals surface area contributed by atoms with Crippen molar-refractivity contribution in [3.8, 4) is 0 Å². The third kappa shape index (κ3) is 5.47. The molecule has 2 aromatic rings. The van der Waals surface area contributed by atoms with Crippen LogP contribution in [0, 0.1) is 11.7 Å². The van der Waals surface area contributed by atoms with Crippen LogP contribution >= 0.6 is 0 Å². The Kier molecular flexibility index (Phi) is 6.87. The van der Waals surface area contributed by atoms with Crippen LogP contribution in [-0.4, -0.2) is 30.0 Å². The fourth-order valence-corrected chi connectivity index (χ4v) is 5.39. The number of ether oxygens (including phenoxy) is 1. The minimum Gasteiger partial charge on any atom is -0.373 e. The molecule has 1 heterocycles. The number of carbonyl (C=O) groups excluding carboxylic acids is 1. The Morgan fingerprint density at radius 1 is 0.914 bits per heavy atom. The average Bonchev–Trinajstić information content (AvgIpc) is 3.34. The van der Waals surface area contributed by atoms with E-state index in [1.54, 1.807) is 24.1 Å². The highest BCUT2D eigenvalue weighted by molar-refractivity contribution is 5.78. The Labute approximate surface area is 197 Å². The molecule has 190 valence electrons. The van der Waals surface area contributed by atoms with E-state index in [2.05, 4.69) is 0 Å². The van der Waals surface area contributed by atoms with Gasteiger partial charge in [0, 0.05) is 25.4 Å². The lowest BCUT2D eigenvalue weighted by atomic mass is 9.82. The fourth-order valence-electron chi connectivity index (χ4n) is 5.39. The van der Waals surface area contributed by atoms with Crippen molar-refractivity contribution >= 4 is 5.91 Å². The Bertz CT molecular complexity index is 1030. The lowest BCUT2D eigenvalue weighted by Gasteiger charge is -2.33. The summed E-state index contributed by atoms with van der Waals surface area (Å²) in [6.07, 6.45) is -8.17. The number of hydrogen-bond acceptors (Lipinski definition) is 2. The zero-order valence-electron chi connectivity index (χ0n) is 18.8. The maximum Gasteiger partial charge on any atom is 0.416 e. The molecular weight excluding hydrogens is 479 g/mol. The van der Waals surface area contributed by atoms with Crippen LogP contribution in [0.3, 0.4) is 0 Å². The third-order valence-electron chi connectivity index (χ3n) is 7.05. The van der Waals surface area contributed by atoms with Crippen molar-refractivity contribution in [1.29, 1.82) is 0 Å². The van der Waals surface area contributed by atoms with E-state index in [4.69, 9.17) is 4.74 Å². The van der Waals surface area contributed by atoms with E-state index in [1.165, 1.54) is 12.1 Å². The molecule has 0 radical (unpaired) electrons. The molecule has 0 spiro atoms. The van der Waals surface area contributed by atoms with Gasteiger partial charge in [0.2, 0.25) is 5.91 Å². The number of alkyl halides is 6. The highest BCUT2D eigenvalue weighted by atomic mass is 19.4. The number of amides is 1. The van der Waals surface area contributed by atoms with E-state index in [0.717, 1.165) is 5.56 Å². The van der Waals surface area contributed by atoms with Gasteiger partial charge in [-0.25, -0.2) is 4.39 Å². The van der Waals surface area contributed by atoms with E-state index in [9.17, 15) is 35.5 Å². The topological polar surface area (TPSA) is 29.5 Å². The normalized spacial score (nSPS) is 25.5. The first kappa shape index (κ1) is 25.5. The lowest BCUT2D eigenvalue weighted by molar-refractivity contribution is -0.143. The van der Waals surface area contributed by atoms with Crippen LogP contribution in [-0.2, 0) is 28.5 Å². The van der Waals surface area contributed by atoms with Crippen LogP contribution < -0.4 is 0 Å². The second kappa shape index (κ2) is 9.44. The van der Waals surface area contributed by atoms with Gasteiger partial charge < -0.3 is 9.64 Å². The predicted molar refractivity (Wildman–Crippen MR) is 113 cm³/mol. The summed E-state index contributed by atoms with van der Waals surface area (Å²) in [5.74, 6) is -0.741. The Morgan fingerprint density at radius 3 is 2.03 bits per heavy atom. The van der Waals surface area contributed by atoms with Crippen molar-refractivity contribution in [1.82, 2.24) is 4.90 Å². The summed E-state index contributed by atoms with van der Waals surface area (Å²) >= 11 is 0. The second-order valence-electron chi connectivity index (χ2n) is 9.19. The summed E-state index contributed by atoms with van der Waals surface area (Å²) in [4.78, 5) is 13.8. The summed E-state index contributed by atoms with van der Waals surface area (Å²) in [7, 11) is 1.72. The van der Waals surface area contributed by atoms with Crippen LogP contribution in [0.15, 0.2) is 42.5 Å². The van der Waals surface area contributed by atoms with Gasteiger partial charge in [-0.15, -0.1) is 0 Å². The monoisotopic (exact) mass is 503 g/mol. The first-order chi connectivity index (χ1) is 16.3. The van der Waals surface area contributed by atoms with E-state index < -0.39 is 42.0 Å². The maximum absolute atomic E-state index is 13.6. The highest BCUT2D eigenvalue weighted by Crippen LogP contribution is 2.47. The molecule has 0 aromatic heterocycles. The largest absolute Gasteiger partial charge is 0.416 e. The van der Waals surface area contributed by atoms with Gasteiger partial charge in [-0.2, -0.15) is 26.3 Å². The first-order valence-electron chi connectivity index (χ1n) is 11.3. The van der Waals surface area contributed by atoms with Crippen LogP contribution in [0.2, 0.25) is 0 Å². The Hall–Kier alpha value is -2.62. The average molecular weight is 503 g/mol. The minimum atomic E-state index is -4.94. The summed E-state index contributed by atoms with van der Waals surface area (Å²) in [5, 5.41) is 0. The van der Waals surface area contributed by atoms with Crippen LogP contribution in [0.1, 0.15) is 53.9 Å². The summed E-state index contributed by atoms with van der Waals surface area (Å²) in [6.45, 7) is -0.443. The van der Waals surface area contributed by atoms with Crippen molar-refractivity contribution in [2.75, 3.05) is 7.05 Å². The summed E-state index contributed by atoms with van der Waals surface area (Å²) in [5.41, 5.74) is -2.26. The molecule has 1 aliphatic carbocycles. The van der Waals surface area contributed by atoms with Crippen molar-refractivity contribution in [3.63, 3.8) is 0 Å². The molecule has 2 aliphatic rings. The van der Waals surface area contributed by atoms with Gasteiger partial charge in [0.25, 0.3) is 0 Å². The Morgan fingerprint density at radius 2 is 1.51 bits per heavy atom. The molecule has 0 bridgehead atoms. The number of halogens is 7. The number of nitrogens with zero attached hydrogens (tertiary/aromatic N) is 1. The molecule has 1 amide bonds. The number of benzene rings is 2. The third-order valence-corrected chi connectivity index (χ3v) is 7.05. The smallest absolute Gasteiger partial charge is 0.373 e. The molecule has 1 aliphatic heterocycles. The van der Waals surface area contributed by atoms with Gasteiger partial charge in [0.1, 0.15) is 5.82 Å². The quantitative estimate of drug-likeness (QED) is 0.433. The van der Waals surface area contributed by atoms with Crippen molar-refractivity contribution in [3.05, 3.63) is 70.5 Å². The van der Waals surface area contributed by atoms with E-state index in [-0.39, 0.29) is 35.4 Å². The first-order valence-corrected chi connectivity index (χ1v) is 11.3. The molecule has 2 fully saturated rings. The van der Waals surface area contributed by atoms with Crippen molar-refractivity contribution in [2.45, 2.75) is 62.7 Å². The molecule has 10 heteroatoms. The molecule has 1 saturated carbocycles. The summed E-state index contributed by atoms with van der Waals surface area (Å²) < 4.78 is 98.8. The van der Waals surface area contributed by atoms with Crippen LogP contribution in [0.5, 0.6) is 0 Å². The predicted octanol–water partition coefficient (Wildman–Crippen LogP) is 6.56. The van der Waals surface area contributed by atoms with Crippen molar-refractivity contribution in [2.24, 2.45) is 5.92 Å². The number of carbonyl (C=O) groups is 1. The fraction of sp³-hybridized carbons (Fsp3) is 0.480. The minimum absolute atomic E-state index is 0.0147. The molecule has 4 atom stereocenters. The molecule has 4 rings (SSSR count). The lowest BCUT2D eigenvalue weighted by Crippen LogP contribution is -2.37.